The molecule has 0 radical (unpaired) electrons. The number of nitrogens with one attached hydrogen (secondary N) is 1. The molecule has 1 fully saturated rings. The van der Waals surface area contributed by atoms with Gasteiger partial charge in [0.15, 0.2) is 11.5 Å². The Labute approximate surface area is 208 Å². The number of piperazine rings is 1. The molecule has 1 aliphatic heterocycles. The molecule has 36 heavy (non-hydrogen) atoms. The summed E-state index contributed by atoms with van der Waals surface area (Å²) in [5.41, 5.74) is 5.56. The first-order valence-electron chi connectivity index (χ1n) is 11.8. The maximum absolute atomic E-state index is 11.8. The largest absolute Gasteiger partial charge is 0.296 e. The van der Waals surface area contributed by atoms with E-state index in [-0.39, 0.29) is 0 Å². The van der Waals surface area contributed by atoms with E-state index in [1.165, 1.54) is 6.26 Å². The van der Waals surface area contributed by atoms with Crippen molar-refractivity contribution < 1.29 is 8.42 Å². The molecule has 1 aliphatic rings. The van der Waals surface area contributed by atoms with E-state index < -0.39 is 10.0 Å². The van der Waals surface area contributed by atoms with Gasteiger partial charge in [0.05, 0.1) is 35.2 Å². The summed E-state index contributed by atoms with van der Waals surface area (Å²) in [5.74, 6) is 0.621. The lowest BCUT2D eigenvalue weighted by Gasteiger charge is -2.33. The predicted molar refractivity (Wildman–Crippen MR) is 139 cm³/mol. The van der Waals surface area contributed by atoms with Gasteiger partial charge in [0, 0.05) is 56.3 Å². The first-order valence-corrected chi connectivity index (χ1v) is 13.6. The van der Waals surface area contributed by atoms with Gasteiger partial charge in [-0.15, -0.1) is 0 Å². The van der Waals surface area contributed by atoms with Crippen LogP contribution in [0.1, 0.15) is 5.56 Å². The highest BCUT2D eigenvalue weighted by atomic mass is 32.2. The predicted octanol–water partition coefficient (Wildman–Crippen LogP) is 2.65. The molecule has 0 unspecified atom stereocenters. The topological polar surface area (TPSA) is 113 Å². The molecule has 6 rings (SSSR count). The average Bonchev–Trinajstić information content (AvgIpc) is 3.50. The van der Waals surface area contributed by atoms with E-state index in [2.05, 4.69) is 38.4 Å². The fourth-order valence-electron chi connectivity index (χ4n) is 4.82. The summed E-state index contributed by atoms with van der Waals surface area (Å²) >= 11 is 0. The van der Waals surface area contributed by atoms with E-state index in [1.807, 2.05) is 37.5 Å². The third-order valence-corrected chi connectivity index (χ3v) is 8.03. The van der Waals surface area contributed by atoms with E-state index in [0.29, 0.717) is 32.0 Å². The molecule has 3 aromatic heterocycles. The lowest BCUT2D eigenvalue weighted by atomic mass is 10.0. The number of rotatable bonds is 5. The van der Waals surface area contributed by atoms with Crippen molar-refractivity contribution in [1.29, 1.82) is 0 Å². The van der Waals surface area contributed by atoms with E-state index in [1.54, 1.807) is 15.2 Å². The molecule has 1 N–H and O–H groups in total. The number of hydrogen-bond acceptors (Lipinski definition) is 7. The summed E-state index contributed by atoms with van der Waals surface area (Å²) in [7, 11) is -1.26. The smallest absolute Gasteiger partial charge is 0.211 e. The maximum atomic E-state index is 11.8. The van der Waals surface area contributed by atoms with Gasteiger partial charge in [-0.05, 0) is 17.7 Å². The fraction of sp³-hybridized carbons (Fsp3) is 0.280. The standard InChI is InChI=1S/C25H26N8O2S/c1-31-25-21(15-27-31)23(28-24(29-25)19-7-4-8-22-20(19)14-26-30-22)18-6-3-5-17(13-18)16-32-9-11-33(12-10-32)36(2,34)35/h3-8,13-15H,9-12,16H2,1-2H3,(H,26,30). The van der Waals surface area contributed by atoms with Crippen LogP contribution in [0.2, 0.25) is 0 Å². The van der Waals surface area contributed by atoms with Crippen molar-refractivity contribution in [2.45, 2.75) is 6.54 Å². The van der Waals surface area contributed by atoms with Crippen LogP contribution in [0.5, 0.6) is 0 Å². The molecule has 4 heterocycles. The molecule has 184 valence electrons. The van der Waals surface area contributed by atoms with Crippen LogP contribution in [0.3, 0.4) is 0 Å². The Kier molecular flexibility index (Phi) is 5.55. The number of aromatic nitrogens is 6. The minimum absolute atomic E-state index is 0.518. The van der Waals surface area contributed by atoms with Crippen molar-refractivity contribution in [3.63, 3.8) is 0 Å². The molecule has 0 amide bonds. The molecular weight excluding hydrogens is 476 g/mol. The molecule has 10 nitrogen and oxygen atoms in total. The molecular formula is C25H26N8O2S. The van der Waals surface area contributed by atoms with Crippen molar-refractivity contribution in [2.24, 2.45) is 7.05 Å². The highest BCUT2D eigenvalue weighted by Crippen LogP contribution is 2.32. The third-order valence-electron chi connectivity index (χ3n) is 6.72. The van der Waals surface area contributed by atoms with Gasteiger partial charge in [-0.2, -0.15) is 14.5 Å². The Morgan fingerprint density at radius 3 is 2.58 bits per heavy atom. The fourth-order valence-corrected chi connectivity index (χ4v) is 5.65. The van der Waals surface area contributed by atoms with Gasteiger partial charge in [-0.3, -0.25) is 14.7 Å². The lowest BCUT2D eigenvalue weighted by Crippen LogP contribution is -2.47. The first-order chi connectivity index (χ1) is 17.4. The second kappa shape index (κ2) is 8.77. The van der Waals surface area contributed by atoms with E-state index in [0.717, 1.165) is 50.9 Å². The molecule has 0 aliphatic carbocycles. The van der Waals surface area contributed by atoms with Crippen molar-refractivity contribution in [3.8, 4) is 22.6 Å². The Bertz CT molecular complexity index is 1680. The molecule has 0 atom stereocenters. The zero-order chi connectivity index (χ0) is 24.9. The van der Waals surface area contributed by atoms with Crippen molar-refractivity contribution >= 4 is 32.0 Å². The quantitative estimate of drug-likeness (QED) is 0.393. The van der Waals surface area contributed by atoms with Crippen LogP contribution in [0, 0.1) is 0 Å². The summed E-state index contributed by atoms with van der Waals surface area (Å²) in [4.78, 5) is 12.1. The van der Waals surface area contributed by atoms with Crippen LogP contribution in [0.25, 0.3) is 44.6 Å². The molecule has 0 saturated carbocycles. The number of H-pyrrole nitrogens is 1. The number of fused-ring (bicyclic) bond motifs is 2. The van der Waals surface area contributed by atoms with Crippen LogP contribution in [0.15, 0.2) is 54.9 Å². The number of aryl methyl sites for hydroxylation is 1. The maximum Gasteiger partial charge on any atom is 0.211 e. The van der Waals surface area contributed by atoms with Crippen molar-refractivity contribution in [1.82, 2.24) is 39.2 Å². The Morgan fingerprint density at radius 2 is 1.78 bits per heavy atom. The van der Waals surface area contributed by atoms with Gasteiger partial charge in [0.25, 0.3) is 0 Å². The highest BCUT2D eigenvalue weighted by molar-refractivity contribution is 7.88. The van der Waals surface area contributed by atoms with Gasteiger partial charge in [-0.1, -0.05) is 30.3 Å². The minimum Gasteiger partial charge on any atom is -0.296 e. The molecule has 0 bridgehead atoms. The van der Waals surface area contributed by atoms with Crippen LogP contribution < -0.4 is 0 Å². The normalized spacial score (nSPS) is 15.7. The highest BCUT2D eigenvalue weighted by Gasteiger charge is 2.23. The summed E-state index contributed by atoms with van der Waals surface area (Å²) in [6, 6.07) is 14.3. The third kappa shape index (κ3) is 4.15. The van der Waals surface area contributed by atoms with Crippen molar-refractivity contribution in [3.05, 3.63) is 60.4 Å². The zero-order valence-corrected chi connectivity index (χ0v) is 20.9. The van der Waals surface area contributed by atoms with E-state index in [9.17, 15) is 8.42 Å². The van der Waals surface area contributed by atoms with Gasteiger partial charge in [0.1, 0.15) is 0 Å². The molecule has 0 spiro atoms. The Balaban J connectivity index is 1.36. The van der Waals surface area contributed by atoms with Crippen LogP contribution in [-0.2, 0) is 23.6 Å². The molecule has 11 heteroatoms. The van der Waals surface area contributed by atoms with Gasteiger partial charge in [-0.25, -0.2) is 18.4 Å². The minimum atomic E-state index is -3.14. The summed E-state index contributed by atoms with van der Waals surface area (Å²) in [5, 5.41) is 13.5. The number of sulfonamides is 1. The lowest BCUT2D eigenvalue weighted by molar-refractivity contribution is 0.182. The monoisotopic (exact) mass is 502 g/mol. The van der Waals surface area contributed by atoms with Crippen LogP contribution in [-0.4, -0.2) is 80.0 Å². The van der Waals surface area contributed by atoms with Gasteiger partial charge in [0.2, 0.25) is 10.0 Å². The van der Waals surface area contributed by atoms with E-state index in [4.69, 9.17) is 9.97 Å². The average molecular weight is 503 g/mol. The SMILES string of the molecule is Cn1ncc2c(-c3cccc(CN4CCN(S(C)(=O)=O)CC4)c3)nc(-c3cccc4[nH]ncc34)nc21. The van der Waals surface area contributed by atoms with Crippen molar-refractivity contribution in [2.75, 3.05) is 32.4 Å². The van der Waals surface area contributed by atoms with Crippen LogP contribution >= 0.6 is 0 Å². The zero-order valence-electron chi connectivity index (χ0n) is 20.1. The number of aromatic amines is 1. The second-order valence-electron chi connectivity index (χ2n) is 9.18. The Morgan fingerprint density at radius 1 is 0.972 bits per heavy atom. The number of benzene rings is 2. The molecule has 2 aromatic carbocycles. The summed E-state index contributed by atoms with van der Waals surface area (Å²) in [6.45, 7) is 3.19. The summed E-state index contributed by atoms with van der Waals surface area (Å²) in [6.07, 6.45) is 4.88. The Hall–Kier alpha value is -3.67. The molecule has 5 aromatic rings. The van der Waals surface area contributed by atoms with E-state index >= 15 is 0 Å². The first kappa shape index (κ1) is 22.8. The summed E-state index contributed by atoms with van der Waals surface area (Å²) < 4.78 is 27.0. The number of hydrogen-bond donors (Lipinski definition) is 1. The number of nitrogens with zero attached hydrogens (tertiary/aromatic N) is 7. The van der Waals surface area contributed by atoms with Gasteiger partial charge < -0.3 is 0 Å². The molecule has 1 saturated heterocycles. The second-order valence-corrected chi connectivity index (χ2v) is 11.2. The van der Waals surface area contributed by atoms with Crippen LogP contribution in [0.4, 0.5) is 0 Å². The van der Waals surface area contributed by atoms with Gasteiger partial charge >= 0.3 is 0 Å².